The molecule has 4 heteroatoms. The van der Waals surface area contributed by atoms with Gasteiger partial charge in [0.2, 0.25) is 0 Å². The Bertz CT molecular complexity index is 636. The number of hydrogen-bond donors (Lipinski definition) is 1. The van der Waals surface area contributed by atoms with Crippen molar-refractivity contribution in [2.24, 2.45) is 0 Å². The van der Waals surface area contributed by atoms with Crippen LogP contribution in [0.15, 0.2) is 30.5 Å². The number of fused-ring (bicyclic) bond motifs is 1. The second-order valence-electron chi connectivity index (χ2n) is 5.78. The maximum atomic E-state index is 4.76. The fraction of sp³-hybridized carbons (Fsp3) is 0.412. The first-order valence-electron chi connectivity index (χ1n) is 7.56. The Labute approximate surface area is 126 Å². The number of nitrogens with one attached hydrogen (secondary N) is 1. The molecule has 1 aromatic carbocycles. The van der Waals surface area contributed by atoms with Gasteiger partial charge in [-0.3, -0.25) is 0 Å². The van der Waals surface area contributed by atoms with Crippen molar-refractivity contribution >= 4 is 11.4 Å². The number of benzene rings is 1. The SMILES string of the molecule is CNCc1nc(C(C)C)ncc1N1CCc2ccccc21. The van der Waals surface area contributed by atoms with Crippen molar-refractivity contribution in [2.45, 2.75) is 32.7 Å². The van der Waals surface area contributed by atoms with E-state index in [-0.39, 0.29) is 0 Å². The van der Waals surface area contributed by atoms with E-state index in [4.69, 9.17) is 4.98 Å². The number of aromatic nitrogens is 2. The predicted octanol–water partition coefficient (Wildman–Crippen LogP) is 3.01. The van der Waals surface area contributed by atoms with Gasteiger partial charge in [0.25, 0.3) is 0 Å². The molecular weight excluding hydrogens is 260 g/mol. The van der Waals surface area contributed by atoms with Crippen molar-refractivity contribution in [3.8, 4) is 0 Å². The summed E-state index contributed by atoms with van der Waals surface area (Å²) in [6, 6.07) is 8.59. The van der Waals surface area contributed by atoms with Gasteiger partial charge in [0.15, 0.2) is 0 Å². The van der Waals surface area contributed by atoms with Crippen molar-refractivity contribution in [3.05, 3.63) is 47.5 Å². The van der Waals surface area contributed by atoms with Gasteiger partial charge >= 0.3 is 0 Å². The minimum atomic E-state index is 0.348. The zero-order chi connectivity index (χ0) is 14.8. The van der Waals surface area contributed by atoms with E-state index in [0.29, 0.717) is 5.92 Å². The summed E-state index contributed by atoms with van der Waals surface area (Å²) in [6.45, 7) is 6.02. The Hall–Kier alpha value is -1.94. The fourth-order valence-electron chi connectivity index (χ4n) is 2.82. The number of anilines is 2. The third-order valence-corrected chi connectivity index (χ3v) is 3.90. The molecule has 0 atom stereocenters. The maximum Gasteiger partial charge on any atom is 0.131 e. The summed E-state index contributed by atoms with van der Waals surface area (Å²) in [5.74, 6) is 1.26. The molecule has 0 unspecified atom stereocenters. The monoisotopic (exact) mass is 282 g/mol. The number of rotatable bonds is 4. The normalized spacial score (nSPS) is 13.8. The molecule has 0 spiro atoms. The molecule has 0 saturated carbocycles. The average molecular weight is 282 g/mol. The Morgan fingerprint density at radius 3 is 2.81 bits per heavy atom. The Balaban J connectivity index is 2.02. The number of hydrogen-bond acceptors (Lipinski definition) is 4. The lowest BCUT2D eigenvalue weighted by atomic mass is 10.1. The van der Waals surface area contributed by atoms with Crippen LogP contribution in [0.4, 0.5) is 11.4 Å². The van der Waals surface area contributed by atoms with E-state index < -0.39 is 0 Å². The van der Waals surface area contributed by atoms with E-state index in [2.05, 4.69) is 53.3 Å². The van der Waals surface area contributed by atoms with E-state index >= 15 is 0 Å². The third-order valence-electron chi connectivity index (χ3n) is 3.90. The smallest absolute Gasteiger partial charge is 0.131 e. The molecule has 1 N–H and O–H groups in total. The van der Waals surface area contributed by atoms with Crippen LogP contribution in [0.25, 0.3) is 0 Å². The molecule has 2 aromatic rings. The van der Waals surface area contributed by atoms with Crippen molar-refractivity contribution in [1.82, 2.24) is 15.3 Å². The molecule has 4 nitrogen and oxygen atoms in total. The highest BCUT2D eigenvalue weighted by Crippen LogP contribution is 2.35. The van der Waals surface area contributed by atoms with Crippen LogP contribution in [0, 0.1) is 0 Å². The van der Waals surface area contributed by atoms with Crippen molar-refractivity contribution in [3.63, 3.8) is 0 Å². The van der Waals surface area contributed by atoms with Crippen LogP contribution in [0.5, 0.6) is 0 Å². The molecule has 0 radical (unpaired) electrons. The molecule has 0 aliphatic carbocycles. The van der Waals surface area contributed by atoms with Crippen molar-refractivity contribution in [1.29, 1.82) is 0 Å². The largest absolute Gasteiger partial charge is 0.338 e. The Kier molecular flexibility index (Phi) is 3.88. The molecule has 110 valence electrons. The highest BCUT2D eigenvalue weighted by molar-refractivity contribution is 5.70. The average Bonchev–Trinajstić information content (AvgIpc) is 2.91. The van der Waals surface area contributed by atoms with Crippen molar-refractivity contribution in [2.75, 3.05) is 18.5 Å². The third kappa shape index (κ3) is 2.63. The summed E-state index contributed by atoms with van der Waals surface area (Å²) in [6.07, 6.45) is 3.07. The molecule has 0 bridgehead atoms. The van der Waals surface area contributed by atoms with Gasteiger partial charge in [-0.25, -0.2) is 9.97 Å². The minimum absolute atomic E-state index is 0.348. The minimum Gasteiger partial charge on any atom is -0.338 e. The Morgan fingerprint density at radius 2 is 2.05 bits per heavy atom. The molecule has 1 aromatic heterocycles. The lowest BCUT2D eigenvalue weighted by Crippen LogP contribution is -2.20. The maximum absolute atomic E-state index is 4.76. The summed E-state index contributed by atoms with van der Waals surface area (Å²) in [7, 11) is 1.96. The quantitative estimate of drug-likeness (QED) is 0.936. The molecule has 1 aliphatic rings. The summed E-state index contributed by atoms with van der Waals surface area (Å²) >= 11 is 0. The highest BCUT2D eigenvalue weighted by Gasteiger charge is 2.23. The van der Waals surface area contributed by atoms with Gasteiger partial charge in [-0.1, -0.05) is 32.0 Å². The summed E-state index contributed by atoms with van der Waals surface area (Å²) in [5, 5.41) is 3.22. The molecule has 3 rings (SSSR count). The fourth-order valence-corrected chi connectivity index (χ4v) is 2.82. The molecule has 2 heterocycles. The summed E-state index contributed by atoms with van der Waals surface area (Å²) < 4.78 is 0. The molecule has 0 fully saturated rings. The van der Waals surface area contributed by atoms with Crippen molar-refractivity contribution < 1.29 is 0 Å². The van der Waals surface area contributed by atoms with E-state index in [1.54, 1.807) is 0 Å². The molecule has 1 aliphatic heterocycles. The molecular formula is C17H22N4. The lowest BCUT2D eigenvalue weighted by Gasteiger charge is -2.22. The van der Waals surface area contributed by atoms with Gasteiger partial charge in [-0.05, 0) is 25.1 Å². The van der Waals surface area contributed by atoms with Crippen LogP contribution in [0.3, 0.4) is 0 Å². The van der Waals surface area contributed by atoms with Gasteiger partial charge < -0.3 is 10.2 Å². The lowest BCUT2D eigenvalue weighted by molar-refractivity contribution is 0.724. The first-order valence-corrected chi connectivity index (χ1v) is 7.56. The zero-order valence-corrected chi connectivity index (χ0v) is 12.9. The van der Waals surface area contributed by atoms with Gasteiger partial charge in [0.05, 0.1) is 17.6 Å². The van der Waals surface area contributed by atoms with E-state index in [1.165, 1.54) is 11.3 Å². The van der Waals surface area contributed by atoms with E-state index in [1.807, 2.05) is 13.2 Å². The van der Waals surface area contributed by atoms with E-state index in [0.717, 1.165) is 36.7 Å². The van der Waals surface area contributed by atoms with Crippen LogP contribution in [-0.4, -0.2) is 23.6 Å². The van der Waals surface area contributed by atoms with Crippen LogP contribution in [0.2, 0.25) is 0 Å². The first kappa shape index (κ1) is 14.0. The second kappa shape index (κ2) is 5.82. The number of nitrogens with zero attached hydrogens (tertiary/aromatic N) is 3. The van der Waals surface area contributed by atoms with Gasteiger partial charge in [-0.15, -0.1) is 0 Å². The first-order chi connectivity index (χ1) is 10.2. The van der Waals surface area contributed by atoms with Gasteiger partial charge in [-0.2, -0.15) is 0 Å². The second-order valence-corrected chi connectivity index (χ2v) is 5.78. The predicted molar refractivity (Wildman–Crippen MR) is 86.0 cm³/mol. The molecule has 21 heavy (non-hydrogen) atoms. The Morgan fingerprint density at radius 1 is 1.24 bits per heavy atom. The molecule has 0 saturated heterocycles. The number of para-hydroxylation sites is 1. The topological polar surface area (TPSA) is 41.1 Å². The van der Waals surface area contributed by atoms with Gasteiger partial charge in [0, 0.05) is 24.7 Å². The highest BCUT2D eigenvalue weighted by atomic mass is 15.2. The van der Waals surface area contributed by atoms with E-state index in [9.17, 15) is 0 Å². The standard InChI is InChI=1S/C17H22N4/c1-12(2)17-19-11-16(14(20-17)10-18-3)21-9-8-13-6-4-5-7-15(13)21/h4-7,11-12,18H,8-10H2,1-3H3. The summed E-state index contributed by atoms with van der Waals surface area (Å²) in [4.78, 5) is 11.7. The van der Waals surface area contributed by atoms with Gasteiger partial charge in [0.1, 0.15) is 5.82 Å². The zero-order valence-electron chi connectivity index (χ0n) is 12.9. The molecule has 0 amide bonds. The summed E-state index contributed by atoms with van der Waals surface area (Å²) in [5.41, 5.74) is 4.89. The van der Waals surface area contributed by atoms with Crippen LogP contribution < -0.4 is 10.2 Å². The van der Waals surface area contributed by atoms with Crippen LogP contribution in [-0.2, 0) is 13.0 Å². The van der Waals surface area contributed by atoms with Crippen LogP contribution >= 0.6 is 0 Å². The van der Waals surface area contributed by atoms with Crippen LogP contribution in [0.1, 0.15) is 36.8 Å².